The van der Waals surface area contributed by atoms with Gasteiger partial charge in [-0.05, 0) is 31.3 Å². The molecule has 1 amide bonds. The molecule has 1 saturated heterocycles. The van der Waals surface area contributed by atoms with Crippen LogP contribution in [0.2, 0.25) is 0 Å². The molecule has 128 valence electrons. The van der Waals surface area contributed by atoms with E-state index >= 15 is 0 Å². The van der Waals surface area contributed by atoms with Crippen LogP contribution < -0.4 is 10.0 Å². The minimum Gasteiger partial charge on any atom is -0.451 e. The molecule has 0 unspecified atom stereocenters. The molecule has 1 aromatic heterocycles. The summed E-state index contributed by atoms with van der Waals surface area (Å²) in [6.45, 7) is 0.936. The van der Waals surface area contributed by atoms with Crippen molar-refractivity contribution in [3.63, 3.8) is 0 Å². The predicted octanol–water partition coefficient (Wildman–Crippen LogP) is 1.26. The van der Waals surface area contributed by atoms with Crippen molar-refractivity contribution in [2.75, 3.05) is 25.5 Å². The highest BCUT2D eigenvalue weighted by Crippen LogP contribution is 2.20. The largest absolute Gasteiger partial charge is 0.451 e. The SMILES string of the molecule is CNS(=O)(=O)c1cc(C(=O)N2CC(Nc3ccc(F)cc3)C2)co1. The van der Waals surface area contributed by atoms with Gasteiger partial charge >= 0.3 is 0 Å². The van der Waals surface area contributed by atoms with Crippen LogP contribution in [0.1, 0.15) is 10.4 Å². The van der Waals surface area contributed by atoms with Crippen LogP contribution in [0, 0.1) is 5.82 Å². The summed E-state index contributed by atoms with van der Waals surface area (Å²) in [5.41, 5.74) is 0.961. The molecule has 0 saturated carbocycles. The molecule has 7 nitrogen and oxygen atoms in total. The minimum atomic E-state index is -3.71. The second kappa shape index (κ2) is 6.25. The van der Waals surface area contributed by atoms with Gasteiger partial charge in [-0.2, -0.15) is 0 Å². The molecule has 1 aromatic carbocycles. The summed E-state index contributed by atoms with van der Waals surface area (Å²) in [5.74, 6) is -0.605. The van der Waals surface area contributed by atoms with Crippen LogP contribution in [-0.4, -0.2) is 45.4 Å². The molecule has 0 bridgehead atoms. The first-order valence-corrected chi connectivity index (χ1v) is 8.71. The molecule has 2 heterocycles. The van der Waals surface area contributed by atoms with E-state index in [0.29, 0.717) is 13.1 Å². The van der Waals surface area contributed by atoms with Gasteiger partial charge < -0.3 is 14.6 Å². The number of likely N-dealkylation sites (tertiary alicyclic amines) is 1. The zero-order valence-electron chi connectivity index (χ0n) is 12.8. The summed E-state index contributed by atoms with van der Waals surface area (Å²) in [6.07, 6.45) is 1.13. The topological polar surface area (TPSA) is 91.7 Å². The first kappa shape index (κ1) is 16.5. The maximum absolute atomic E-state index is 12.9. The summed E-state index contributed by atoms with van der Waals surface area (Å²) in [6, 6.07) is 7.25. The molecular formula is C15H16FN3O4S. The van der Waals surface area contributed by atoms with Gasteiger partial charge in [-0.1, -0.05) is 0 Å². The van der Waals surface area contributed by atoms with E-state index < -0.39 is 10.0 Å². The second-order valence-electron chi connectivity index (χ2n) is 5.42. The summed E-state index contributed by atoms with van der Waals surface area (Å²) in [7, 11) is -2.45. The van der Waals surface area contributed by atoms with Crippen molar-refractivity contribution in [1.29, 1.82) is 0 Å². The standard InChI is InChI=1S/C15H16FN3O4S/c1-17-24(21,22)14-6-10(9-23-14)15(20)19-7-13(8-19)18-12-4-2-11(16)3-5-12/h2-6,9,13,17-18H,7-8H2,1H3. The summed E-state index contributed by atoms with van der Waals surface area (Å²) < 4.78 is 43.1. The van der Waals surface area contributed by atoms with Gasteiger partial charge in [0.15, 0.2) is 0 Å². The molecule has 24 heavy (non-hydrogen) atoms. The highest BCUT2D eigenvalue weighted by Gasteiger charge is 2.32. The maximum Gasteiger partial charge on any atom is 0.273 e. The molecular weight excluding hydrogens is 337 g/mol. The number of carbonyl (C=O) groups is 1. The zero-order valence-corrected chi connectivity index (χ0v) is 13.6. The Hall–Kier alpha value is -2.39. The Balaban J connectivity index is 1.58. The van der Waals surface area contributed by atoms with Gasteiger partial charge in [-0.3, -0.25) is 4.79 Å². The number of rotatable bonds is 5. The maximum atomic E-state index is 12.9. The number of nitrogens with zero attached hydrogens (tertiary/aromatic N) is 1. The lowest BCUT2D eigenvalue weighted by atomic mass is 10.1. The molecule has 2 N–H and O–H groups in total. The number of sulfonamides is 1. The molecule has 9 heteroatoms. The third kappa shape index (κ3) is 3.26. The second-order valence-corrected chi connectivity index (χ2v) is 7.24. The Morgan fingerprint density at radius 1 is 1.29 bits per heavy atom. The van der Waals surface area contributed by atoms with Crippen molar-refractivity contribution in [2.24, 2.45) is 0 Å². The fourth-order valence-corrected chi connectivity index (χ4v) is 3.03. The molecule has 1 aliphatic rings. The van der Waals surface area contributed by atoms with E-state index in [1.54, 1.807) is 17.0 Å². The first-order valence-electron chi connectivity index (χ1n) is 7.22. The van der Waals surface area contributed by atoms with Crippen LogP contribution in [0.5, 0.6) is 0 Å². The van der Waals surface area contributed by atoms with Crippen molar-refractivity contribution in [3.05, 3.63) is 48.0 Å². The molecule has 2 aromatic rings. The van der Waals surface area contributed by atoms with Gasteiger partial charge in [0.25, 0.3) is 15.9 Å². The quantitative estimate of drug-likeness (QED) is 0.844. The van der Waals surface area contributed by atoms with E-state index in [9.17, 15) is 17.6 Å². The summed E-state index contributed by atoms with van der Waals surface area (Å²) in [5, 5.41) is 2.89. The minimum absolute atomic E-state index is 0.0619. The highest BCUT2D eigenvalue weighted by molar-refractivity contribution is 7.89. The monoisotopic (exact) mass is 353 g/mol. The Labute approximate surface area is 138 Å². The molecule has 0 radical (unpaired) electrons. The van der Waals surface area contributed by atoms with Gasteiger partial charge in [0.1, 0.15) is 12.1 Å². The Bertz CT molecular complexity index is 842. The fraction of sp³-hybridized carbons (Fsp3) is 0.267. The van der Waals surface area contributed by atoms with E-state index in [1.165, 1.54) is 25.2 Å². The third-order valence-corrected chi connectivity index (χ3v) is 5.02. The molecule has 0 spiro atoms. The zero-order chi connectivity index (χ0) is 17.3. The third-order valence-electron chi connectivity index (χ3n) is 3.74. The number of anilines is 1. The van der Waals surface area contributed by atoms with Crippen LogP contribution in [0.25, 0.3) is 0 Å². The van der Waals surface area contributed by atoms with Crippen LogP contribution in [-0.2, 0) is 10.0 Å². The number of hydrogen-bond donors (Lipinski definition) is 2. The van der Waals surface area contributed by atoms with Gasteiger partial charge in [-0.25, -0.2) is 17.5 Å². The Kier molecular flexibility index (Phi) is 4.29. The number of carbonyl (C=O) groups excluding carboxylic acids is 1. The van der Waals surface area contributed by atoms with E-state index in [4.69, 9.17) is 4.42 Å². The first-order chi connectivity index (χ1) is 11.4. The van der Waals surface area contributed by atoms with Crippen molar-refractivity contribution < 1.29 is 22.0 Å². The summed E-state index contributed by atoms with van der Waals surface area (Å²) >= 11 is 0. The Morgan fingerprint density at radius 2 is 1.96 bits per heavy atom. The van der Waals surface area contributed by atoms with Crippen LogP contribution in [0.15, 0.2) is 46.1 Å². The van der Waals surface area contributed by atoms with Crippen molar-refractivity contribution in [1.82, 2.24) is 9.62 Å². The Morgan fingerprint density at radius 3 is 2.58 bits per heavy atom. The normalized spacial score (nSPS) is 15.2. The average Bonchev–Trinajstić information content (AvgIpc) is 3.02. The number of hydrogen-bond acceptors (Lipinski definition) is 5. The van der Waals surface area contributed by atoms with Crippen molar-refractivity contribution in [2.45, 2.75) is 11.1 Å². The van der Waals surface area contributed by atoms with Gasteiger partial charge in [0, 0.05) is 24.8 Å². The van der Waals surface area contributed by atoms with E-state index in [2.05, 4.69) is 10.0 Å². The summed E-state index contributed by atoms with van der Waals surface area (Å²) in [4.78, 5) is 13.8. The number of amides is 1. The number of nitrogens with one attached hydrogen (secondary N) is 2. The molecule has 3 rings (SSSR count). The van der Waals surface area contributed by atoms with Gasteiger partial charge in [0.2, 0.25) is 5.09 Å². The lowest BCUT2D eigenvalue weighted by Crippen LogP contribution is -2.56. The van der Waals surface area contributed by atoms with Crippen LogP contribution in [0.4, 0.5) is 10.1 Å². The fourth-order valence-electron chi connectivity index (χ4n) is 2.37. The molecule has 1 fully saturated rings. The van der Waals surface area contributed by atoms with E-state index in [0.717, 1.165) is 12.0 Å². The van der Waals surface area contributed by atoms with Gasteiger partial charge in [-0.15, -0.1) is 0 Å². The lowest BCUT2D eigenvalue weighted by Gasteiger charge is -2.39. The van der Waals surface area contributed by atoms with Gasteiger partial charge in [0.05, 0.1) is 11.6 Å². The molecule has 0 atom stereocenters. The van der Waals surface area contributed by atoms with Crippen LogP contribution >= 0.6 is 0 Å². The predicted molar refractivity (Wildman–Crippen MR) is 84.7 cm³/mol. The number of halogens is 1. The van der Waals surface area contributed by atoms with Crippen molar-refractivity contribution in [3.8, 4) is 0 Å². The smallest absolute Gasteiger partial charge is 0.273 e. The lowest BCUT2D eigenvalue weighted by molar-refractivity contribution is 0.0624. The highest BCUT2D eigenvalue weighted by atomic mass is 32.2. The van der Waals surface area contributed by atoms with E-state index in [1.807, 2.05) is 0 Å². The average molecular weight is 353 g/mol. The van der Waals surface area contributed by atoms with Crippen molar-refractivity contribution >= 4 is 21.6 Å². The number of benzene rings is 1. The molecule has 0 aliphatic carbocycles. The van der Waals surface area contributed by atoms with Crippen LogP contribution in [0.3, 0.4) is 0 Å². The van der Waals surface area contributed by atoms with E-state index in [-0.39, 0.29) is 28.4 Å². The number of furan rings is 1. The molecule has 1 aliphatic heterocycles.